The Bertz CT molecular complexity index is 1660. The van der Waals surface area contributed by atoms with Crippen molar-refractivity contribution in [3.8, 4) is 0 Å². The van der Waals surface area contributed by atoms with Gasteiger partial charge in [-0.05, 0) is 136 Å². The summed E-state index contributed by atoms with van der Waals surface area (Å²) in [5.41, 5.74) is 6.16. The van der Waals surface area contributed by atoms with Crippen LogP contribution in [0.4, 0.5) is 0 Å². The molecule has 5 N–H and O–H groups in total. The second kappa shape index (κ2) is 32.0. The first-order valence-corrected chi connectivity index (χ1v) is 20.4. The van der Waals surface area contributed by atoms with Gasteiger partial charge in [0.1, 0.15) is 17.5 Å². The van der Waals surface area contributed by atoms with Gasteiger partial charge in [0, 0.05) is 65.5 Å². The fraction of sp³-hybridized carbons (Fsp3) is 0.439. The van der Waals surface area contributed by atoms with Crippen molar-refractivity contribution in [2.45, 2.75) is 26.4 Å². The number of amides is 2. The van der Waals surface area contributed by atoms with Crippen LogP contribution in [0.1, 0.15) is 51.8 Å². The molecule has 3 aromatic rings. The van der Waals surface area contributed by atoms with Gasteiger partial charge in [-0.25, -0.2) is 4.79 Å². The summed E-state index contributed by atoms with van der Waals surface area (Å²) >= 11 is 20.0. The Morgan fingerprint density at radius 3 is 1.37 bits per heavy atom. The second-order valence-electron chi connectivity index (χ2n) is 14.1. The number of nitrogens with one attached hydrogen (secondary N) is 1. The molecule has 330 valence electrons. The molecule has 0 saturated carbocycles. The van der Waals surface area contributed by atoms with Gasteiger partial charge in [-0.15, -0.1) is 0 Å². The van der Waals surface area contributed by atoms with Crippen LogP contribution in [0.5, 0.6) is 0 Å². The van der Waals surface area contributed by atoms with E-state index in [0.29, 0.717) is 45.8 Å². The van der Waals surface area contributed by atoms with Crippen molar-refractivity contribution >= 4 is 80.5 Å². The number of benzene rings is 3. The maximum absolute atomic E-state index is 12.2. The van der Waals surface area contributed by atoms with Crippen molar-refractivity contribution in [1.82, 2.24) is 24.9 Å². The third-order valence-electron chi connectivity index (χ3n) is 6.67. The molecule has 14 nitrogen and oxygen atoms in total. The normalized spacial score (nSPS) is 10.3. The minimum atomic E-state index is -1.03. The number of nitrogens with two attached hydrogens (primary N) is 1. The number of hydrogen-bond acceptors (Lipinski definition) is 10. The van der Waals surface area contributed by atoms with Crippen LogP contribution in [0.2, 0.25) is 15.1 Å². The smallest absolute Gasteiger partial charge is 0.335 e. The van der Waals surface area contributed by atoms with E-state index >= 15 is 0 Å². The number of ether oxygens (including phenoxy) is 1. The number of carbonyl (C=O) groups is 5. The van der Waals surface area contributed by atoms with Gasteiger partial charge in [0.15, 0.2) is 0 Å². The van der Waals surface area contributed by atoms with Gasteiger partial charge < -0.3 is 45.6 Å². The Hall–Kier alpha value is -3.80. The highest BCUT2D eigenvalue weighted by Gasteiger charge is 2.18. The van der Waals surface area contributed by atoms with E-state index in [1.165, 1.54) is 17.0 Å². The number of carboxylic acid groups (broad SMARTS) is 2. The molecular weight excluding hydrogens is 891 g/mol. The summed E-state index contributed by atoms with van der Waals surface area (Å²) in [6, 6.07) is 19.3. The lowest BCUT2D eigenvalue weighted by molar-refractivity contribution is -0.151. The summed E-state index contributed by atoms with van der Waals surface area (Å²) in [6.07, 6.45) is 0. The number of rotatable bonds is 14. The third-order valence-corrected chi connectivity index (χ3v) is 7.88. The molecule has 0 radical (unpaired) electrons. The Morgan fingerprint density at radius 1 is 0.661 bits per heavy atom. The van der Waals surface area contributed by atoms with Crippen molar-refractivity contribution in [2.75, 3.05) is 93.4 Å². The van der Waals surface area contributed by atoms with E-state index in [-0.39, 0.29) is 40.8 Å². The van der Waals surface area contributed by atoms with E-state index < -0.39 is 11.9 Å². The molecule has 0 saturated heterocycles. The number of alkyl halides is 1. The zero-order chi connectivity index (χ0) is 45.7. The molecule has 18 heteroatoms. The molecule has 0 aliphatic rings. The predicted molar refractivity (Wildman–Crippen MR) is 242 cm³/mol. The molecule has 0 aliphatic heterocycles. The van der Waals surface area contributed by atoms with Crippen molar-refractivity contribution in [3.63, 3.8) is 0 Å². The first-order chi connectivity index (χ1) is 27.4. The van der Waals surface area contributed by atoms with E-state index in [1.807, 2.05) is 72.9 Å². The molecule has 0 spiro atoms. The van der Waals surface area contributed by atoms with Crippen LogP contribution < -0.4 is 11.1 Å². The van der Waals surface area contributed by atoms with Gasteiger partial charge in [0.05, 0.1) is 5.56 Å². The van der Waals surface area contributed by atoms with E-state index in [4.69, 9.17) is 55.5 Å². The molecule has 2 amide bonds. The number of carbonyl (C=O) groups excluding carboxylic acids is 3. The van der Waals surface area contributed by atoms with Crippen molar-refractivity contribution in [3.05, 3.63) is 105 Å². The van der Waals surface area contributed by atoms with Crippen molar-refractivity contribution in [1.29, 1.82) is 0 Å². The highest BCUT2D eigenvalue weighted by atomic mass is 79.9. The van der Waals surface area contributed by atoms with Crippen molar-refractivity contribution in [2.24, 2.45) is 5.73 Å². The first kappa shape index (κ1) is 57.3. The molecule has 3 aromatic carbocycles. The van der Waals surface area contributed by atoms with Crippen molar-refractivity contribution < 1.29 is 38.9 Å². The molecule has 59 heavy (non-hydrogen) atoms. The molecule has 0 aromatic heterocycles. The first-order valence-electron chi connectivity index (χ1n) is 18.1. The quantitative estimate of drug-likeness (QED) is 0.104. The van der Waals surface area contributed by atoms with Gasteiger partial charge in [0.2, 0.25) is 0 Å². The molecule has 0 atom stereocenters. The van der Waals surface area contributed by atoms with Gasteiger partial charge in [0.25, 0.3) is 11.8 Å². The number of esters is 1. The van der Waals surface area contributed by atoms with Crippen LogP contribution in [0.15, 0.2) is 72.8 Å². The van der Waals surface area contributed by atoms with Gasteiger partial charge >= 0.3 is 17.9 Å². The van der Waals surface area contributed by atoms with Gasteiger partial charge in [-0.3, -0.25) is 19.2 Å². The third kappa shape index (κ3) is 32.7. The standard InChI is InChI=1S/C13H17ClN2O3.C11H15ClN2O.C7H5ClO2.C6H11BrO2.C4H12N2/c1-15(2)7-8-16(9-12(17)18)13(19)10-3-5-11(14)6-4-10;1-14(2)8-7-13-11(15)9-3-5-10(12)6-4-9;8-6-3-1-5(2-4-6)7(9)10;1-6(2,3)9-5(8)4-7;1-6(2)4-3-5/h3-6H,7-9H2,1-2H3,(H,17,18);3-6H,7-8H2,1-2H3,(H,13,15);1-4H,(H,9,10);4H2,1-3H3;3-5H2,1-2H3. The summed E-state index contributed by atoms with van der Waals surface area (Å²) in [5.74, 6) is -2.55. The SMILES string of the molecule is CC(C)(C)OC(=O)CBr.CN(C)CCN.CN(C)CCN(CC(=O)O)C(=O)c1ccc(Cl)cc1.CN(C)CCNC(=O)c1ccc(Cl)cc1.O=C(O)c1ccc(Cl)cc1. The van der Waals surface area contributed by atoms with Crippen LogP contribution >= 0.6 is 50.7 Å². The van der Waals surface area contributed by atoms with E-state index in [2.05, 4.69) is 26.1 Å². The molecule has 0 heterocycles. The number of aliphatic carboxylic acids is 1. The zero-order valence-corrected chi connectivity index (χ0v) is 39.2. The highest BCUT2D eigenvalue weighted by molar-refractivity contribution is 9.09. The fourth-order valence-electron chi connectivity index (χ4n) is 3.83. The minimum absolute atomic E-state index is 0.0616. The second-order valence-corrected chi connectivity index (χ2v) is 16.0. The number of aromatic carboxylic acids is 1. The topological polar surface area (TPSA) is 186 Å². The summed E-state index contributed by atoms with van der Waals surface area (Å²) in [5, 5.41) is 22.1. The maximum atomic E-state index is 12.2. The Morgan fingerprint density at radius 2 is 1.07 bits per heavy atom. The Labute approximate surface area is 372 Å². The van der Waals surface area contributed by atoms with Gasteiger partial charge in [-0.1, -0.05) is 50.7 Å². The Balaban J connectivity index is 0. The number of nitrogens with zero attached hydrogens (tertiary/aromatic N) is 4. The molecule has 3 rings (SSSR count). The molecule has 0 fully saturated rings. The van der Waals surface area contributed by atoms with Crippen LogP contribution in [0, 0.1) is 0 Å². The van der Waals surface area contributed by atoms with Crippen LogP contribution in [0.25, 0.3) is 0 Å². The summed E-state index contributed by atoms with van der Waals surface area (Å²) in [4.78, 5) is 62.7. The average Bonchev–Trinajstić information content (AvgIpc) is 3.14. The molecule has 0 aliphatic carbocycles. The largest absolute Gasteiger partial charge is 0.480 e. The summed E-state index contributed by atoms with van der Waals surface area (Å²) in [6.45, 7) is 9.40. The monoisotopic (exact) mass is 948 g/mol. The average molecular weight is 951 g/mol. The molecule has 0 bridgehead atoms. The zero-order valence-electron chi connectivity index (χ0n) is 35.3. The number of halogens is 4. The predicted octanol–water partition coefficient (Wildman–Crippen LogP) is 6.33. The lowest BCUT2D eigenvalue weighted by Gasteiger charge is -2.22. The van der Waals surface area contributed by atoms with Crippen LogP contribution in [0.3, 0.4) is 0 Å². The van der Waals surface area contributed by atoms with E-state index in [1.54, 1.807) is 60.7 Å². The summed E-state index contributed by atoms with van der Waals surface area (Å²) < 4.78 is 4.90. The van der Waals surface area contributed by atoms with Crippen LogP contribution in [-0.4, -0.2) is 159 Å². The number of likely N-dealkylation sites (N-methyl/N-ethyl adjacent to an activating group) is 3. The number of hydrogen-bond donors (Lipinski definition) is 4. The van der Waals surface area contributed by atoms with E-state index in [0.717, 1.165) is 19.6 Å². The summed E-state index contributed by atoms with van der Waals surface area (Å²) in [7, 11) is 11.7. The maximum Gasteiger partial charge on any atom is 0.335 e. The highest BCUT2D eigenvalue weighted by Crippen LogP contribution is 2.12. The lowest BCUT2D eigenvalue weighted by Crippen LogP contribution is -2.40. The Kier molecular flexibility index (Phi) is 31.1. The molecule has 0 unspecified atom stereocenters. The minimum Gasteiger partial charge on any atom is -0.480 e. The van der Waals surface area contributed by atoms with E-state index in [9.17, 15) is 24.0 Å². The molecular formula is C41H60BrCl3N6O8. The number of carboxylic acids is 2. The fourth-order valence-corrected chi connectivity index (χ4v) is 4.32. The lowest BCUT2D eigenvalue weighted by atomic mass is 10.2. The van der Waals surface area contributed by atoms with Gasteiger partial charge in [-0.2, -0.15) is 0 Å². The van der Waals surface area contributed by atoms with Crippen LogP contribution in [-0.2, 0) is 14.3 Å².